The Labute approximate surface area is 97.4 Å². The van der Waals surface area contributed by atoms with Gasteiger partial charge in [0.25, 0.3) is 5.91 Å². The van der Waals surface area contributed by atoms with Crippen molar-refractivity contribution in [1.29, 1.82) is 0 Å². The van der Waals surface area contributed by atoms with Gasteiger partial charge in [0.15, 0.2) is 0 Å². The molecule has 0 aromatic heterocycles. The molecule has 1 N–H and O–H groups in total. The van der Waals surface area contributed by atoms with Crippen LogP contribution in [0.4, 0.5) is 0 Å². The van der Waals surface area contributed by atoms with Crippen LogP contribution >= 0.6 is 0 Å². The minimum absolute atomic E-state index is 0.0105. The van der Waals surface area contributed by atoms with Gasteiger partial charge in [0, 0.05) is 12.1 Å². The highest BCUT2D eigenvalue weighted by molar-refractivity contribution is 5.94. The fourth-order valence-electron chi connectivity index (χ4n) is 1.64. The number of carbonyl (C=O) groups is 1. The molecule has 0 saturated carbocycles. The van der Waals surface area contributed by atoms with Crippen molar-refractivity contribution in [3.8, 4) is 0 Å². The van der Waals surface area contributed by atoms with Crippen molar-refractivity contribution in [2.45, 2.75) is 27.2 Å². The lowest BCUT2D eigenvalue weighted by Crippen LogP contribution is -2.24. The third-order valence-corrected chi connectivity index (χ3v) is 2.32. The van der Waals surface area contributed by atoms with Crippen LogP contribution in [0.5, 0.6) is 0 Å². The summed E-state index contributed by atoms with van der Waals surface area (Å²) in [6, 6.07) is 5.90. The minimum Gasteiger partial charge on any atom is -0.352 e. The van der Waals surface area contributed by atoms with E-state index in [1.54, 1.807) is 0 Å². The monoisotopic (exact) mass is 217 g/mol. The molecule has 1 amide bonds. The normalized spacial score (nSPS) is 10.7. The van der Waals surface area contributed by atoms with Crippen LogP contribution in [0.25, 0.3) is 0 Å². The van der Waals surface area contributed by atoms with Gasteiger partial charge in [-0.05, 0) is 39.3 Å². The van der Waals surface area contributed by atoms with Gasteiger partial charge in [-0.25, -0.2) is 0 Å². The Hall–Kier alpha value is -1.57. The summed E-state index contributed by atoms with van der Waals surface area (Å²) >= 11 is 0. The number of carbonyl (C=O) groups excluding carboxylic acids is 1. The molecule has 0 unspecified atom stereocenters. The van der Waals surface area contributed by atoms with Crippen LogP contribution in [0.1, 0.15) is 34.8 Å². The minimum atomic E-state index is 0.0105. The van der Waals surface area contributed by atoms with E-state index in [0.29, 0.717) is 6.54 Å². The molecule has 0 heterocycles. The van der Waals surface area contributed by atoms with Crippen molar-refractivity contribution in [2.75, 3.05) is 6.54 Å². The van der Waals surface area contributed by atoms with E-state index in [9.17, 15) is 4.79 Å². The van der Waals surface area contributed by atoms with Crippen LogP contribution < -0.4 is 5.32 Å². The Morgan fingerprint density at radius 1 is 1.25 bits per heavy atom. The molecular formula is C14H19NO. The van der Waals surface area contributed by atoms with Crippen molar-refractivity contribution >= 4 is 5.91 Å². The number of rotatable bonds is 4. The Kier molecular flexibility index (Phi) is 4.77. The Morgan fingerprint density at radius 2 is 1.88 bits per heavy atom. The summed E-state index contributed by atoms with van der Waals surface area (Å²) in [7, 11) is 0. The summed E-state index contributed by atoms with van der Waals surface area (Å²) in [4.78, 5) is 11.8. The van der Waals surface area contributed by atoms with Crippen LogP contribution in [0, 0.1) is 13.8 Å². The maximum absolute atomic E-state index is 11.8. The van der Waals surface area contributed by atoms with Crippen molar-refractivity contribution in [3.05, 3.63) is 47.0 Å². The molecule has 0 aliphatic rings. The standard InChI is InChI=1S/C14H19NO/c1-4-5-6-7-15-14(16)13-9-11(2)8-12(3)10-13/h4-5,8-10H,6-7H2,1-3H3,(H,15,16)/b5-4+. The first kappa shape index (κ1) is 12.5. The predicted molar refractivity (Wildman–Crippen MR) is 67.7 cm³/mol. The summed E-state index contributed by atoms with van der Waals surface area (Å²) in [5, 5.41) is 2.90. The molecule has 2 heteroatoms. The quantitative estimate of drug-likeness (QED) is 0.609. The third kappa shape index (κ3) is 3.89. The molecule has 0 bridgehead atoms. The van der Waals surface area contributed by atoms with Crippen LogP contribution in [0.2, 0.25) is 0 Å². The average Bonchev–Trinajstić information content (AvgIpc) is 2.22. The van der Waals surface area contributed by atoms with Crippen molar-refractivity contribution in [3.63, 3.8) is 0 Å². The second kappa shape index (κ2) is 6.11. The highest BCUT2D eigenvalue weighted by Crippen LogP contribution is 2.08. The molecule has 16 heavy (non-hydrogen) atoms. The molecule has 0 spiro atoms. The van der Waals surface area contributed by atoms with Gasteiger partial charge in [0.05, 0.1) is 0 Å². The van der Waals surface area contributed by atoms with Crippen molar-refractivity contribution < 1.29 is 4.79 Å². The second-order valence-electron chi connectivity index (χ2n) is 3.99. The van der Waals surface area contributed by atoms with E-state index in [0.717, 1.165) is 23.1 Å². The smallest absolute Gasteiger partial charge is 0.251 e. The van der Waals surface area contributed by atoms with Gasteiger partial charge in [0.2, 0.25) is 0 Å². The molecule has 1 aromatic rings. The number of hydrogen-bond donors (Lipinski definition) is 1. The van der Waals surface area contributed by atoms with E-state index in [-0.39, 0.29) is 5.91 Å². The lowest BCUT2D eigenvalue weighted by Gasteiger charge is -2.05. The first-order chi connectivity index (χ1) is 7.63. The number of nitrogens with one attached hydrogen (secondary N) is 1. The van der Waals surface area contributed by atoms with E-state index in [1.165, 1.54) is 0 Å². The fraction of sp³-hybridized carbons (Fsp3) is 0.357. The van der Waals surface area contributed by atoms with Crippen LogP contribution in [-0.2, 0) is 0 Å². The maximum Gasteiger partial charge on any atom is 0.251 e. The zero-order valence-corrected chi connectivity index (χ0v) is 10.2. The predicted octanol–water partition coefficient (Wildman–Crippen LogP) is 3.00. The Bertz CT molecular complexity index is 373. The van der Waals surface area contributed by atoms with Gasteiger partial charge < -0.3 is 5.32 Å². The van der Waals surface area contributed by atoms with Gasteiger partial charge in [0.1, 0.15) is 0 Å². The van der Waals surface area contributed by atoms with E-state index in [1.807, 2.05) is 45.1 Å². The molecule has 0 aliphatic heterocycles. The van der Waals surface area contributed by atoms with Crippen molar-refractivity contribution in [2.24, 2.45) is 0 Å². The van der Waals surface area contributed by atoms with Gasteiger partial charge in [-0.2, -0.15) is 0 Å². The number of benzene rings is 1. The van der Waals surface area contributed by atoms with Crippen LogP contribution in [0.15, 0.2) is 30.4 Å². The Balaban J connectivity index is 2.59. The summed E-state index contributed by atoms with van der Waals surface area (Å²) in [6.45, 7) is 6.68. The first-order valence-electron chi connectivity index (χ1n) is 5.61. The first-order valence-corrected chi connectivity index (χ1v) is 5.61. The molecule has 0 aliphatic carbocycles. The topological polar surface area (TPSA) is 29.1 Å². The van der Waals surface area contributed by atoms with Gasteiger partial charge >= 0.3 is 0 Å². The van der Waals surface area contributed by atoms with Crippen molar-refractivity contribution in [1.82, 2.24) is 5.32 Å². The number of aryl methyl sites for hydroxylation is 2. The third-order valence-electron chi connectivity index (χ3n) is 2.32. The fourth-order valence-corrected chi connectivity index (χ4v) is 1.64. The summed E-state index contributed by atoms with van der Waals surface area (Å²) in [5.41, 5.74) is 3.00. The van der Waals surface area contributed by atoms with E-state index >= 15 is 0 Å². The lowest BCUT2D eigenvalue weighted by molar-refractivity contribution is 0.0954. The molecule has 2 nitrogen and oxygen atoms in total. The number of allylic oxidation sites excluding steroid dienone is 1. The lowest BCUT2D eigenvalue weighted by atomic mass is 10.1. The SMILES string of the molecule is C/C=C/CCNC(=O)c1cc(C)cc(C)c1. The van der Waals surface area contributed by atoms with E-state index in [2.05, 4.69) is 11.4 Å². The molecule has 1 aromatic carbocycles. The van der Waals surface area contributed by atoms with Gasteiger partial charge in [-0.15, -0.1) is 0 Å². The second-order valence-corrected chi connectivity index (χ2v) is 3.99. The average molecular weight is 217 g/mol. The molecule has 0 fully saturated rings. The van der Waals surface area contributed by atoms with Gasteiger partial charge in [-0.1, -0.05) is 29.3 Å². The highest BCUT2D eigenvalue weighted by atomic mass is 16.1. The zero-order chi connectivity index (χ0) is 12.0. The van der Waals surface area contributed by atoms with E-state index < -0.39 is 0 Å². The molecule has 1 rings (SSSR count). The molecular weight excluding hydrogens is 198 g/mol. The van der Waals surface area contributed by atoms with Crippen LogP contribution in [-0.4, -0.2) is 12.5 Å². The molecule has 0 saturated heterocycles. The number of amides is 1. The molecule has 86 valence electrons. The molecule has 0 atom stereocenters. The zero-order valence-electron chi connectivity index (χ0n) is 10.2. The van der Waals surface area contributed by atoms with E-state index in [4.69, 9.17) is 0 Å². The van der Waals surface area contributed by atoms with Gasteiger partial charge in [-0.3, -0.25) is 4.79 Å². The van der Waals surface area contributed by atoms with Crippen LogP contribution in [0.3, 0.4) is 0 Å². The molecule has 0 radical (unpaired) electrons. The summed E-state index contributed by atoms with van der Waals surface area (Å²) in [5.74, 6) is 0.0105. The Morgan fingerprint density at radius 3 is 2.44 bits per heavy atom. The summed E-state index contributed by atoms with van der Waals surface area (Å²) < 4.78 is 0. The highest BCUT2D eigenvalue weighted by Gasteiger charge is 2.04. The maximum atomic E-state index is 11.8. The summed E-state index contributed by atoms with van der Waals surface area (Å²) in [6.07, 6.45) is 4.91. The number of hydrogen-bond acceptors (Lipinski definition) is 1. The largest absolute Gasteiger partial charge is 0.352 e.